The van der Waals surface area contributed by atoms with Crippen molar-refractivity contribution in [3.63, 3.8) is 0 Å². The van der Waals surface area contributed by atoms with E-state index in [1.54, 1.807) is 35.0 Å². The normalized spacial score (nSPS) is 15.8. The Balaban J connectivity index is 2.40. The quantitative estimate of drug-likeness (QED) is 0.675. The topological polar surface area (TPSA) is 78.7 Å². The van der Waals surface area contributed by atoms with Gasteiger partial charge in [-0.3, -0.25) is 14.9 Å². The first kappa shape index (κ1) is 15.1. The SMILES string of the molecule is CCNc1cccc(N2CCCN(C)C(=O)C2)c1[N+](=O)[O-]. The van der Waals surface area contributed by atoms with Gasteiger partial charge in [0.25, 0.3) is 0 Å². The van der Waals surface area contributed by atoms with Crippen LogP contribution >= 0.6 is 0 Å². The highest BCUT2D eigenvalue weighted by Crippen LogP contribution is 2.35. The van der Waals surface area contributed by atoms with E-state index in [4.69, 9.17) is 0 Å². The van der Waals surface area contributed by atoms with Crippen molar-refractivity contribution in [1.82, 2.24) is 4.90 Å². The van der Waals surface area contributed by atoms with Crippen molar-refractivity contribution < 1.29 is 9.72 Å². The van der Waals surface area contributed by atoms with Gasteiger partial charge in [-0.05, 0) is 25.5 Å². The minimum atomic E-state index is -0.383. The molecule has 0 aromatic heterocycles. The summed E-state index contributed by atoms with van der Waals surface area (Å²) in [6, 6.07) is 5.17. The number of likely N-dealkylation sites (N-methyl/N-ethyl adjacent to an activating group) is 1. The number of nitrogens with one attached hydrogen (secondary N) is 1. The van der Waals surface area contributed by atoms with E-state index in [-0.39, 0.29) is 23.1 Å². The lowest BCUT2D eigenvalue weighted by Gasteiger charge is -2.22. The highest BCUT2D eigenvalue weighted by atomic mass is 16.6. The monoisotopic (exact) mass is 292 g/mol. The van der Waals surface area contributed by atoms with Crippen LogP contribution in [-0.2, 0) is 4.79 Å². The fourth-order valence-corrected chi connectivity index (χ4v) is 2.50. The minimum Gasteiger partial charge on any atom is -0.380 e. The molecule has 7 heteroatoms. The zero-order chi connectivity index (χ0) is 15.4. The maximum atomic E-state index is 12.0. The second-order valence-electron chi connectivity index (χ2n) is 5.05. The molecule has 1 aliphatic rings. The first-order chi connectivity index (χ1) is 10.0. The Hall–Kier alpha value is -2.31. The van der Waals surface area contributed by atoms with Crippen molar-refractivity contribution >= 4 is 23.0 Å². The number of rotatable bonds is 4. The molecule has 0 unspecified atom stereocenters. The maximum Gasteiger partial charge on any atom is 0.315 e. The lowest BCUT2D eigenvalue weighted by molar-refractivity contribution is -0.383. The van der Waals surface area contributed by atoms with E-state index in [9.17, 15) is 14.9 Å². The molecule has 1 aromatic rings. The van der Waals surface area contributed by atoms with Crippen LogP contribution in [0, 0.1) is 10.1 Å². The average Bonchev–Trinajstić information content (AvgIpc) is 2.61. The third kappa shape index (κ3) is 3.24. The van der Waals surface area contributed by atoms with Crippen molar-refractivity contribution in [2.75, 3.05) is 43.4 Å². The number of anilines is 2. The molecular weight excluding hydrogens is 272 g/mol. The molecule has 1 N–H and O–H groups in total. The van der Waals surface area contributed by atoms with E-state index in [0.29, 0.717) is 31.0 Å². The first-order valence-electron chi connectivity index (χ1n) is 7.04. The van der Waals surface area contributed by atoms with Gasteiger partial charge in [-0.15, -0.1) is 0 Å². The van der Waals surface area contributed by atoms with E-state index in [2.05, 4.69) is 5.32 Å². The third-order valence-corrected chi connectivity index (χ3v) is 3.58. The van der Waals surface area contributed by atoms with Gasteiger partial charge in [-0.2, -0.15) is 0 Å². The van der Waals surface area contributed by atoms with Crippen LogP contribution in [0.25, 0.3) is 0 Å². The highest BCUT2D eigenvalue weighted by molar-refractivity contribution is 5.85. The molecule has 0 aliphatic carbocycles. The van der Waals surface area contributed by atoms with Gasteiger partial charge in [0.1, 0.15) is 11.4 Å². The molecular formula is C14H20N4O3. The molecule has 114 valence electrons. The Kier molecular flexibility index (Phi) is 4.62. The number of hydrogen-bond acceptors (Lipinski definition) is 5. The number of carbonyl (C=O) groups excluding carboxylic acids is 1. The summed E-state index contributed by atoms with van der Waals surface area (Å²) in [6.45, 7) is 3.97. The van der Waals surface area contributed by atoms with Crippen LogP contribution < -0.4 is 10.2 Å². The molecule has 1 aromatic carbocycles. The standard InChI is InChI=1S/C14H20N4O3/c1-3-15-11-6-4-7-12(14(11)18(20)21)17-9-5-8-16(2)13(19)10-17/h4,6-7,15H,3,5,8-10H2,1-2H3. The molecule has 1 saturated heterocycles. The van der Waals surface area contributed by atoms with Crippen LogP contribution in [0.3, 0.4) is 0 Å². The second kappa shape index (κ2) is 6.43. The lowest BCUT2D eigenvalue weighted by Crippen LogP contribution is -2.34. The summed E-state index contributed by atoms with van der Waals surface area (Å²) < 4.78 is 0. The van der Waals surface area contributed by atoms with Crippen molar-refractivity contribution in [1.29, 1.82) is 0 Å². The summed E-state index contributed by atoms with van der Waals surface area (Å²) in [4.78, 5) is 26.5. The van der Waals surface area contributed by atoms with Gasteiger partial charge >= 0.3 is 5.69 Å². The zero-order valence-corrected chi connectivity index (χ0v) is 12.3. The van der Waals surface area contributed by atoms with E-state index >= 15 is 0 Å². The van der Waals surface area contributed by atoms with Gasteiger partial charge in [0.2, 0.25) is 5.91 Å². The van der Waals surface area contributed by atoms with Crippen molar-refractivity contribution in [3.8, 4) is 0 Å². The largest absolute Gasteiger partial charge is 0.380 e. The van der Waals surface area contributed by atoms with Gasteiger partial charge < -0.3 is 15.1 Å². The Morgan fingerprint density at radius 3 is 2.81 bits per heavy atom. The number of carbonyl (C=O) groups is 1. The summed E-state index contributed by atoms with van der Waals surface area (Å²) in [5.41, 5.74) is 1.03. The molecule has 1 amide bonds. The van der Waals surface area contributed by atoms with Gasteiger partial charge in [0.05, 0.1) is 11.5 Å². The zero-order valence-electron chi connectivity index (χ0n) is 12.3. The fourth-order valence-electron chi connectivity index (χ4n) is 2.50. The Morgan fingerprint density at radius 1 is 1.38 bits per heavy atom. The van der Waals surface area contributed by atoms with E-state index < -0.39 is 0 Å². The summed E-state index contributed by atoms with van der Waals surface area (Å²) >= 11 is 0. The Labute approximate surface area is 123 Å². The predicted octanol–water partition coefficient (Wildman–Crippen LogP) is 1.70. The number of amides is 1. The van der Waals surface area contributed by atoms with Gasteiger partial charge in [-0.25, -0.2) is 0 Å². The van der Waals surface area contributed by atoms with Crippen LogP contribution in [0.2, 0.25) is 0 Å². The molecule has 0 radical (unpaired) electrons. The molecule has 0 saturated carbocycles. The summed E-state index contributed by atoms with van der Waals surface area (Å²) in [5, 5.41) is 14.4. The molecule has 2 rings (SSSR count). The molecule has 0 atom stereocenters. The predicted molar refractivity (Wildman–Crippen MR) is 81.7 cm³/mol. The number of para-hydroxylation sites is 1. The number of nitro benzene ring substituents is 1. The molecule has 0 spiro atoms. The average molecular weight is 292 g/mol. The number of hydrogen-bond donors (Lipinski definition) is 1. The Morgan fingerprint density at radius 2 is 2.14 bits per heavy atom. The third-order valence-electron chi connectivity index (χ3n) is 3.58. The van der Waals surface area contributed by atoms with Gasteiger partial charge in [-0.1, -0.05) is 6.07 Å². The summed E-state index contributed by atoms with van der Waals surface area (Å²) in [7, 11) is 1.76. The molecule has 21 heavy (non-hydrogen) atoms. The van der Waals surface area contributed by atoms with Crippen LogP contribution in [0.4, 0.5) is 17.1 Å². The molecule has 1 fully saturated rings. The first-order valence-corrected chi connectivity index (χ1v) is 7.04. The number of nitro groups is 1. The summed E-state index contributed by atoms with van der Waals surface area (Å²) in [6.07, 6.45) is 0.796. The van der Waals surface area contributed by atoms with E-state index in [1.165, 1.54) is 0 Å². The molecule has 0 bridgehead atoms. The highest BCUT2D eigenvalue weighted by Gasteiger charge is 2.27. The van der Waals surface area contributed by atoms with Crippen LogP contribution in [0.1, 0.15) is 13.3 Å². The van der Waals surface area contributed by atoms with Gasteiger partial charge in [0, 0.05) is 26.7 Å². The van der Waals surface area contributed by atoms with Crippen molar-refractivity contribution in [2.45, 2.75) is 13.3 Å². The number of nitrogens with zero attached hydrogens (tertiary/aromatic N) is 3. The van der Waals surface area contributed by atoms with Gasteiger partial charge in [0.15, 0.2) is 0 Å². The molecule has 7 nitrogen and oxygen atoms in total. The lowest BCUT2D eigenvalue weighted by atomic mass is 10.2. The smallest absolute Gasteiger partial charge is 0.315 e. The van der Waals surface area contributed by atoms with Crippen LogP contribution in [0.15, 0.2) is 18.2 Å². The fraction of sp³-hybridized carbons (Fsp3) is 0.500. The molecule has 1 aliphatic heterocycles. The maximum absolute atomic E-state index is 12.0. The van der Waals surface area contributed by atoms with E-state index in [1.807, 2.05) is 6.92 Å². The second-order valence-corrected chi connectivity index (χ2v) is 5.05. The Bertz CT molecular complexity index is 547. The van der Waals surface area contributed by atoms with Crippen LogP contribution in [0.5, 0.6) is 0 Å². The van der Waals surface area contributed by atoms with Crippen molar-refractivity contribution in [3.05, 3.63) is 28.3 Å². The minimum absolute atomic E-state index is 0.0179. The van der Waals surface area contributed by atoms with Crippen LogP contribution in [-0.4, -0.2) is 49.0 Å². The van der Waals surface area contributed by atoms with E-state index in [0.717, 1.165) is 6.42 Å². The van der Waals surface area contributed by atoms with Crippen molar-refractivity contribution in [2.24, 2.45) is 0 Å². The molecule has 1 heterocycles. The summed E-state index contributed by atoms with van der Waals surface area (Å²) in [5.74, 6) is -0.0179. The number of benzene rings is 1.